The van der Waals surface area contributed by atoms with Crippen molar-refractivity contribution < 1.29 is 14.2 Å². The van der Waals surface area contributed by atoms with Crippen LogP contribution in [0, 0.1) is 5.92 Å². The van der Waals surface area contributed by atoms with Gasteiger partial charge in [0, 0.05) is 24.6 Å². The van der Waals surface area contributed by atoms with E-state index in [1.807, 2.05) is 24.3 Å². The van der Waals surface area contributed by atoms with E-state index in [9.17, 15) is 0 Å². The Bertz CT molecular complexity index is 657. The molecule has 4 heteroatoms. The fourth-order valence-electron chi connectivity index (χ4n) is 3.03. The van der Waals surface area contributed by atoms with Gasteiger partial charge in [0.2, 0.25) is 0 Å². The third kappa shape index (κ3) is 3.59. The van der Waals surface area contributed by atoms with Crippen molar-refractivity contribution in [3.8, 4) is 17.2 Å². The summed E-state index contributed by atoms with van der Waals surface area (Å²) >= 11 is 0. The van der Waals surface area contributed by atoms with Gasteiger partial charge in [0.15, 0.2) is 11.5 Å². The largest absolute Gasteiger partial charge is 0.493 e. The number of benzene rings is 2. The normalized spacial score (nSPS) is 16.3. The van der Waals surface area contributed by atoms with Crippen LogP contribution in [0.15, 0.2) is 42.5 Å². The summed E-state index contributed by atoms with van der Waals surface area (Å²) in [5.74, 6) is 3.08. The number of rotatable bonds is 6. The highest BCUT2D eigenvalue weighted by Crippen LogP contribution is 2.31. The molecule has 0 saturated heterocycles. The molecule has 1 aliphatic heterocycles. The topological polar surface area (TPSA) is 39.7 Å². The van der Waals surface area contributed by atoms with E-state index in [1.54, 1.807) is 14.2 Å². The van der Waals surface area contributed by atoms with Crippen molar-refractivity contribution in [2.75, 3.05) is 27.4 Å². The maximum absolute atomic E-state index is 5.84. The molecule has 0 aliphatic carbocycles. The van der Waals surface area contributed by atoms with E-state index >= 15 is 0 Å². The Hall–Kier alpha value is -2.20. The Labute approximate surface area is 137 Å². The molecule has 0 amide bonds. The predicted octanol–water partition coefficient (Wildman–Crippen LogP) is 3.04. The molecule has 1 heterocycles. The van der Waals surface area contributed by atoms with Gasteiger partial charge in [-0.15, -0.1) is 0 Å². The van der Waals surface area contributed by atoms with Gasteiger partial charge in [-0.2, -0.15) is 0 Å². The van der Waals surface area contributed by atoms with E-state index in [0.29, 0.717) is 5.92 Å². The highest BCUT2D eigenvalue weighted by Gasteiger charge is 2.19. The molecule has 1 aliphatic rings. The average molecular weight is 313 g/mol. The molecule has 2 aromatic rings. The Morgan fingerprint density at radius 3 is 2.78 bits per heavy atom. The minimum atomic E-state index is 0.488. The van der Waals surface area contributed by atoms with E-state index < -0.39 is 0 Å². The minimum Gasteiger partial charge on any atom is -0.493 e. The summed E-state index contributed by atoms with van der Waals surface area (Å²) in [7, 11) is 3.33. The highest BCUT2D eigenvalue weighted by molar-refractivity contribution is 5.46. The Morgan fingerprint density at radius 2 is 1.96 bits per heavy atom. The van der Waals surface area contributed by atoms with Crippen molar-refractivity contribution in [3.05, 3.63) is 53.6 Å². The van der Waals surface area contributed by atoms with Gasteiger partial charge in [-0.3, -0.25) is 0 Å². The second kappa shape index (κ2) is 7.38. The van der Waals surface area contributed by atoms with Crippen molar-refractivity contribution in [1.29, 1.82) is 0 Å². The molecule has 0 bridgehead atoms. The third-order valence-electron chi connectivity index (χ3n) is 4.19. The fourth-order valence-corrected chi connectivity index (χ4v) is 3.03. The zero-order chi connectivity index (χ0) is 16.1. The van der Waals surface area contributed by atoms with Gasteiger partial charge in [-0.05, 0) is 24.1 Å². The molecule has 0 fully saturated rings. The molecule has 3 rings (SSSR count). The van der Waals surface area contributed by atoms with Gasteiger partial charge in [-0.1, -0.05) is 30.3 Å². The first kappa shape index (κ1) is 15.7. The number of para-hydroxylation sites is 2. The smallest absolute Gasteiger partial charge is 0.165 e. The molecule has 0 spiro atoms. The molecular formula is C19H23NO3. The van der Waals surface area contributed by atoms with Crippen LogP contribution in [0.5, 0.6) is 17.2 Å². The van der Waals surface area contributed by atoms with Crippen LogP contribution >= 0.6 is 0 Å². The fraction of sp³-hybridized carbons (Fsp3) is 0.368. The Morgan fingerprint density at radius 1 is 1.09 bits per heavy atom. The van der Waals surface area contributed by atoms with Crippen molar-refractivity contribution in [2.24, 2.45) is 5.92 Å². The summed E-state index contributed by atoms with van der Waals surface area (Å²) in [5.41, 5.74) is 2.40. The molecule has 23 heavy (non-hydrogen) atoms. The quantitative estimate of drug-likeness (QED) is 0.890. The predicted molar refractivity (Wildman–Crippen MR) is 90.4 cm³/mol. The molecule has 2 aromatic carbocycles. The Balaban J connectivity index is 1.57. The first-order valence-electron chi connectivity index (χ1n) is 7.93. The van der Waals surface area contributed by atoms with Gasteiger partial charge in [0.1, 0.15) is 5.75 Å². The maximum Gasteiger partial charge on any atom is 0.165 e. The lowest BCUT2D eigenvalue weighted by Crippen LogP contribution is -2.31. The molecule has 1 atom stereocenters. The van der Waals surface area contributed by atoms with Crippen LogP contribution < -0.4 is 19.5 Å². The van der Waals surface area contributed by atoms with Gasteiger partial charge < -0.3 is 19.5 Å². The zero-order valence-electron chi connectivity index (χ0n) is 13.7. The second-order valence-electron chi connectivity index (χ2n) is 5.77. The lowest BCUT2D eigenvalue weighted by molar-refractivity contribution is 0.218. The van der Waals surface area contributed by atoms with Gasteiger partial charge in [0.05, 0.1) is 20.8 Å². The van der Waals surface area contributed by atoms with Crippen LogP contribution in [0.3, 0.4) is 0 Å². The first-order chi connectivity index (χ1) is 11.3. The lowest BCUT2D eigenvalue weighted by Gasteiger charge is -2.25. The van der Waals surface area contributed by atoms with Crippen molar-refractivity contribution in [3.63, 3.8) is 0 Å². The SMILES string of the molecule is COc1cccc(CNCC2COc3ccccc3C2)c1OC. The van der Waals surface area contributed by atoms with Crippen molar-refractivity contribution in [1.82, 2.24) is 5.32 Å². The zero-order valence-corrected chi connectivity index (χ0v) is 13.7. The number of nitrogens with one attached hydrogen (secondary N) is 1. The third-order valence-corrected chi connectivity index (χ3v) is 4.19. The van der Waals surface area contributed by atoms with E-state index in [1.165, 1.54) is 5.56 Å². The molecule has 0 saturated carbocycles. The summed E-state index contributed by atoms with van der Waals surface area (Å²) in [6.45, 7) is 2.42. The Kier molecular flexibility index (Phi) is 5.03. The van der Waals surface area contributed by atoms with Crippen LogP contribution in [0.2, 0.25) is 0 Å². The number of methoxy groups -OCH3 is 2. The molecule has 1 N–H and O–H groups in total. The van der Waals surface area contributed by atoms with Gasteiger partial charge in [-0.25, -0.2) is 0 Å². The number of fused-ring (bicyclic) bond motifs is 1. The van der Waals surface area contributed by atoms with Crippen LogP contribution in [0.4, 0.5) is 0 Å². The van der Waals surface area contributed by atoms with Crippen LogP contribution in [-0.4, -0.2) is 27.4 Å². The molecule has 0 radical (unpaired) electrons. The van der Waals surface area contributed by atoms with Crippen molar-refractivity contribution in [2.45, 2.75) is 13.0 Å². The van der Waals surface area contributed by atoms with E-state index in [-0.39, 0.29) is 0 Å². The number of hydrogen-bond donors (Lipinski definition) is 1. The summed E-state index contributed by atoms with van der Waals surface area (Å²) in [6, 6.07) is 14.2. The van der Waals surface area contributed by atoms with E-state index in [0.717, 1.165) is 48.9 Å². The van der Waals surface area contributed by atoms with E-state index in [2.05, 4.69) is 23.5 Å². The number of ether oxygens (including phenoxy) is 3. The lowest BCUT2D eigenvalue weighted by atomic mass is 9.96. The summed E-state index contributed by atoms with van der Waals surface area (Å²) in [4.78, 5) is 0. The minimum absolute atomic E-state index is 0.488. The van der Waals surface area contributed by atoms with Crippen LogP contribution in [0.1, 0.15) is 11.1 Å². The van der Waals surface area contributed by atoms with E-state index in [4.69, 9.17) is 14.2 Å². The van der Waals surface area contributed by atoms with Gasteiger partial charge >= 0.3 is 0 Å². The average Bonchev–Trinajstić information content (AvgIpc) is 2.61. The standard InChI is InChI=1S/C19H23NO3/c1-21-18-9-5-7-16(19(18)22-2)12-20-11-14-10-15-6-3-4-8-17(15)23-13-14/h3-9,14,20H,10-13H2,1-2H3. The second-order valence-corrected chi connectivity index (χ2v) is 5.77. The molecule has 4 nitrogen and oxygen atoms in total. The van der Waals surface area contributed by atoms with Crippen molar-refractivity contribution >= 4 is 0 Å². The molecule has 1 unspecified atom stereocenters. The summed E-state index contributed by atoms with van der Waals surface area (Å²) in [6.07, 6.45) is 1.05. The maximum atomic E-state index is 5.84. The highest BCUT2D eigenvalue weighted by atomic mass is 16.5. The molecule has 0 aromatic heterocycles. The monoisotopic (exact) mass is 313 g/mol. The summed E-state index contributed by atoms with van der Waals surface area (Å²) < 4.78 is 16.6. The van der Waals surface area contributed by atoms with Crippen LogP contribution in [0.25, 0.3) is 0 Å². The molecule has 122 valence electrons. The summed E-state index contributed by atoms with van der Waals surface area (Å²) in [5, 5.41) is 3.51. The molecular weight excluding hydrogens is 290 g/mol. The van der Waals surface area contributed by atoms with Gasteiger partial charge in [0.25, 0.3) is 0 Å². The van der Waals surface area contributed by atoms with Crippen LogP contribution in [-0.2, 0) is 13.0 Å². The first-order valence-corrected chi connectivity index (χ1v) is 7.93. The number of hydrogen-bond acceptors (Lipinski definition) is 4.